The highest BCUT2D eigenvalue weighted by atomic mass is 79.9. The summed E-state index contributed by atoms with van der Waals surface area (Å²) in [4.78, 5) is 10.8. The number of ether oxygens (including phenoxy) is 1. The normalized spacial score (nSPS) is 10.3. The second-order valence-electron chi connectivity index (χ2n) is 3.58. The molecule has 0 heterocycles. The lowest BCUT2D eigenvalue weighted by atomic mass is 10.2. The summed E-state index contributed by atoms with van der Waals surface area (Å²) in [5, 5.41) is 9.19. The quantitative estimate of drug-likeness (QED) is 0.874. The van der Waals surface area contributed by atoms with Crippen molar-refractivity contribution in [2.75, 3.05) is 0 Å². The van der Waals surface area contributed by atoms with E-state index in [0.717, 1.165) is 0 Å². The van der Waals surface area contributed by atoms with Crippen molar-refractivity contribution >= 4 is 33.5 Å². The van der Waals surface area contributed by atoms with Gasteiger partial charge in [-0.1, -0.05) is 23.7 Å². The van der Waals surface area contributed by atoms with Gasteiger partial charge in [-0.2, -0.15) is 0 Å². The Morgan fingerprint density at radius 3 is 2.53 bits per heavy atom. The number of aromatic carboxylic acids is 1. The fourth-order valence-corrected chi connectivity index (χ4v) is 2.09. The molecular formula is C13H7BrClFO3. The van der Waals surface area contributed by atoms with E-state index in [9.17, 15) is 9.18 Å². The minimum absolute atomic E-state index is 0.107. The Hall–Kier alpha value is -1.59. The van der Waals surface area contributed by atoms with Crippen LogP contribution in [-0.4, -0.2) is 11.1 Å². The van der Waals surface area contributed by atoms with Gasteiger partial charge in [0.2, 0.25) is 0 Å². The van der Waals surface area contributed by atoms with Crippen LogP contribution in [0.15, 0.2) is 40.9 Å². The molecule has 0 spiro atoms. The largest absolute Gasteiger partial charge is 0.478 e. The molecule has 0 aliphatic heterocycles. The molecule has 0 aliphatic carbocycles. The van der Waals surface area contributed by atoms with Gasteiger partial charge in [0.05, 0.1) is 15.1 Å². The molecule has 3 nitrogen and oxygen atoms in total. The predicted octanol–water partition coefficient (Wildman–Crippen LogP) is 4.73. The number of benzene rings is 2. The van der Waals surface area contributed by atoms with Gasteiger partial charge in [-0.15, -0.1) is 0 Å². The van der Waals surface area contributed by atoms with E-state index in [1.54, 1.807) is 24.3 Å². The first-order valence-electron chi connectivity index (χ1n) is 5.14. The molecule has 98 valence electrons. The Morgan fingerprint density at radius 2 is 1.89 bits per heavy atom. The first kappa shape index (κ1) is 13.8. The molecule has 0 bridgehead atoms. The van der Waals surface area contributed by atoms with Crippen molar-refractivity contribution < 1.29 is 19.0 Å². The lowest BCUT2D eigenvalue weighted by molar-refractivity contribution is 0.0695. The van der Waals surface area contributed by atoms with Gasteiger partial charge in [-0.3, -0.25) is 0 Å². The van der Waals surface area contributed by atoms with Crippen LogP contribution in [0, 0.1) is 5.82 Å². The smallest absolute Gasteiger partial charge is 0.336 e. The van der Waals surface area contributed by atoms with Crippen molar-refractivity contribution in [1.82, 2.24) is 0 Å². The van der Waals surface area contributed by atoms with Gasteiger partial charge in [0.15, 0.2) is 11.6 Å². The highest BCUT2D eigenvalue weighted by molar-refractivity contribution is 9.10. The summed E-state index contributed by atoms with van der Waals surface area (Å²) in [7, 11) is 0. The summed E-state index contributed by atoms with van der Waals surface area (Å²) in [5.74, 6) is -1.84. The molecule has 0 saturated carbocycles. The standard InChI is InChI=1S/C13H7BrClFO3/c14-11-7(13(17)18)5-6-10(12(11)16)19-9-4-2-1-3-8(9)15/h1-6H,(H,17,18). The first-order valence-corrected chi connectivity index (χ1v) is 6.31. The van der Waals surface area contributed by atoms with E-state index >= 15 is 0 Å². The molecule has 0 radical (unpaired) electrons. The van der Waals surface area contributed by atoms with Crippen molar-refractivity contribution in [1.29, 1.82) is 0 Å². The van der Waals surface area contributed by atoms with E-state index in [1.807, 2.05) is 0 Å². The molecule has 19 heavy (non-hydrogen) atoms. The number of halogens is 3. The van der Waals surface area contributed by atoms with Crippen LogP contribution in [0.25, 0.3) is 0 Å². The van der Waals surface area contributed by atoms with E-state index in [0.29, 0.717) is 5.02 Å². The minimum Gasteiger partial charge on any atom is -0.478 e. The highest BCUT2D eigenvalue weighted by Crippen LogP contribution is 2.34. The van der Waals surface area contributed by atoms with Crippen LogP contribution in [0.5, 0.6) is 11.5 Å². The molecule has 1 N–H and O–H groups in total. The molecule has 0 amide bonds. The number of para-hydroxylation sites is 1. The molecule has 2 rings (SSSR count). The molecule has 0 unspecified atom stereocenters. The molecule has 6 heteroatoms. The van der Waals surface area contributed by atoms with E-state index < -0.39 is 11.8 Å². The fraction of sp³-hybridized carbons (Fsp3) is 0. The van der Waals surface area contributed by atoms with Gasteiger partial charge in [0.25, 0.3) is 0 Å². The highest BCUT2D eigenvalue weighted by Gasteiger charge is 2.17. The fourth-order valence-electron chi connectivity index (χ4n) is 1.42. The van der Waals surface area contributed by atoms with Crippen LogP contribution in [0.1, 0.15) is 10.4 Å². The summed E-state index contributed by atoms with van der Waals surface area (Å²) in [6.07, 6.45) is 0. The van der Waals surface area contributed by atoms with Crippen molar-refractivity contribution in [3.05, 3.63) is 57.3 Å². The zero-order valence-electron chi connectivity index (χ0n) is 9.36. The summed E-state index contributed by atoms with van der Waals surface area (Å²) in [6, 6.07) is 9.10. The second-order valence-corrected chi connectivity index (χ2v) is 4.78. The van der Waals surface area contributed by atoms with Gasteiger partial charge in [-0.25, -0.2) is 9.18 Å². The van der Waals surface area contributed by atoms with Crippen LogP contribution in [0.2, 0.25) is 5.02 Å². The SMILES string of the molecule is O=C(O)c1ccc(Oc2ccccc2Cl)c(F)c1Br. The van der Waals surface area contributed by atoms with Gasteiger partial charge >= 0.3 is 5.97 Å². The summed E-state index contributed by atoms with van der Waals surface area (Å²) >= 11 is 8.79. The molecule has 0 atom stereocenters. The van der Waals surface area contributed by atoms with E-state index in [-0.39, 0.29) is 21.5 Å². The number of carboxylic acid groups (broad SMARTS) is 1. The zero-order chi connectivity index (χ0) is 14.0. The lowest BCUT2D eigenvalue weighted by Crippen LogP contribution is -2.00. The van der Waals surface area contributed by atoms with Gasteiger partial charge in [0.1, 0.15) is 5.75 Å². The topological polar surface area (TPSA) is 46.5 Å². The molecule has 2 aromatic carbocycles. The molecule has 0 aliphatic rings. The lowest BCUT2D eigenvalue weighted by Gasteiger charge is -2.10. The zero-order valence-corrected chi connectivity index (χ0v) is 11.7. The van der Waals surface area contributed by atoms with Crippen molar-refractivity contribution in [2.45, 2.75) is 0 Å². The maximum atomic E-state index is 14.0. The Bertz CT molecular complexity index is 646. The van der Waals surface area contributed by atoms with Crippen LogP contribution in [0.3, 0.4) is 0 Å². The van der Waals surface area contributed by atoms with Crippen molar-refractivity contribution in [3.63, 3.8) is 0 Å². The number of rotatable bonds is 3. The molecule has 0 aromatic heterocycles. The van der Waals surface area contributed by atoms with Crippen LogP contribution in [0.4, 0.5) is 4.39 Å². The van der Waals surface area contributed by atoms with Gasteiger partial charge in [-0.05, 0) is 40.2 Å². The third-order valence-corrected chi connectivity index (χ3v) is 3.42. The number of hydrogen-bond acceptors (Lipinski definition) is 2. The van der Waals surface area contributed by atoms with Crippen LogP contribution < -0.4 is 4.74 Å². The predicted molar refractivity (Wildman–Crippen MR) is 72.6 cm³/mol. The first-order chi connectivity index (χ1) is 9.00. The third kappa shape index (κ3) is 2.88. The molecular weight excluding hydrogens is 338 g/mol. The van der Waals surface area contributed by atoms with Crippen molar-refractivity contribution in [3.8, 4) is 11.5 Å². The maximum Gasteiger partial charge on any atom is 0.336 e. The van der Waals surface area contributed by atoms with Crippen molar-refractivity contribution in [2.24, 2.45) is 0 Å². The third-order valence-electron chi connectivity index (χ3n) is 2.33. The summed E-state index contributed by atoms with van der Waals surface area (Å²) in [6.45, 7) is 0. The van der Waals surface area contributed by atoms with Crippen LogP contribution >= 0.6 is 27.5 Å². The molecule has 0 fully saturated rings. The summed E-state index contributed by atoms with van der Waals surface area (Å²) < 4.78 is 19.1. The average Bonchev–Trinajstić information content (AvgIpc) is 2.37. The average molecular weight is 346 g/mol. The van der Waals surface area contributed by atoms with E-state index in [2.05, 4.69) is 15.9 Å². The van der Waals surface area contributed by atoms with E-state index in [4.69, 9.17) is 21.4 Å². The Kier molecular flexibility index (Phi) is 4.07. The number of carboxylic acids is 1. The monoisotopic (exact) mass is 344 g/mol. The molecule has 0 saturated heterocycles. The molecule has 2 aromatic rings. The van der Waals surface area contributed by atoms with Crippen LogP contribution in [-0.2, 0) is 0 Å². The summed E-state index contributed by atoms with van der Waals surface area (Å²) in [5.41, 5.74) is -0.177. The minimum atomic E-state index is -1.23. The Balaban J connectivity index is 2.40. The second kappa shape index (κ2) is 5.59. The van der Waals surface area contributed by atoms with Gasteiger partial charge in [0, 0.05) is 0 Å². The Labute approximate surface area is 121 Å². The van der Waals surface area contributed by atoms with Gasteiger partial charge < -0.3 is 9.84 Å². The van der Waals surface area contributed by atoms with E-state index in [1.165, 1.54) is 12.1 Å². The number of carbonyl (C=O) groups is 1. The number of hydrogen-bond donors (Lipinski definition) is 1. The Morgan fingerprint density at radius 1 is 1.21 bits per heavy atom. The maximum absolute atomic E-state index is 14.0.